The smallest absolute Gasteiger partial charge is 0.229 e. The first-order chi connectivity index (χ1) is 11.6. The van der Waals surface area contributed by atoms with Crippen molar-refractivity contribution in [3.63, 3.8) is 0 Å². The van der Waals surface area contributed by atoms with E-state index in [1.54, 1.807) is 17.0 Å². The van der Waals surface area contributed by atoms with Gasteiger partial charge in [-0.05, 0) is 24.1 Å². The van der Waals surface area contributed by atoms with Crippen molar-refractivity contribution in [2.75, 3.05) is 18.4 Å². The van der Waals surface area contributed by atoms with Gasteiger partial charge in [0.25, 0.3) is 0 Å². The summed E-state index contributed by atoms with van der Waals surface area (Å²) in [6.07, 6.45) is 1.05. The van der Waals surface area contributed by atoms with E-state index in [2.05, 4.69) is 5.32 Å². The lowest BCUT2D eigenvalue weighted by Crippen LogP contribution is -2.30. The molecule has 1 heterocycles. The maximum Gasteiger partial charge on any atom is 0.229 e. The number of benzene rings is 2. The van der Waals surface area contributed by atoms with Gasteiger partial charge >= 0.3 is 0 Å². The maximum atomic E-state index is 12.4. The molecule has 3 rings (SSSR count). The number of amides is 2. The summed E-state index contributed by atoms with van der Waals surface area (Å²) in [6, 6.07) is 17.1. The second-order valence-electron chi connectivity index (χ2n) is 5.95. The number of carbonyl (C=O) groups is 2. The lowest BCUT2D eigenvalue weighted by atomic mass is 10.1. The first-order valence-corrected chi connectivity index (χ1v) is 8.38. The predicted octanol–water partition coefficient (Wildman–Crippen LogP) is 3.37. The Bertz CT molecular complexity index is 733. The first kappa shape index (κ1) is 16.5. The maximum absolute atomic E-state index is 12.4. The molecule has 1 fully saturated rings. The number of carbonyl (C=O) groups excluding carboxylic acids is 2. The second-order valence-corrected chi connectivity index (χ2v) is 6.35. The van der Waals surface area contributed by atoms with Crippen LogP contribution in [0.2, 0.25) is 5.02 Å². The third kappa shape index (κ3) is 3.95. The van der Waals surface area contributed by atoms with Gasteiger partial charge in [0.15, 0.2) is 0 Å². The van der Waals surface area contributed by atoms with Crippen LogP contribution in [0.15, 0.2) is 54.6 Å². The van der Waals surface area contributed by atoms with Crippen LogP contribution >= 0.6 is 11.6 Å². The molecule has 2 aromatic rings. The van der Waals surface area contributed by atoms with Crippen LogP contribution < -0.4 is 5.32 Å². The topological polar surface area (TPSA) is 49.4 Å². The van der Waals surface area contributed by atoms with Crippen molar-refractivity contribution in [2.45, 2.75) is 12.8 Å². The summed E-state index contributed by atoms with van der Waals surface area (Å²) < 4.78 is 0. The van der Waals surface area contributed by atoms with Gasteiger partial charge in [0.05, 0.1) is 16.6 Å². The van der Waals surface area contributed by atoms with Crippen LogP contribution in [0.1, 0.15) is 12.0 Å². The summed E-state index contributed by atoms with van der Waals surface area (Å²) in [7, 11) is 0. The summed E-state index contributed by atoms with van der Waals surface area (Å²) in [4.78, 5) is 26.3. The number of nitrogens with zero attached hydrogens (tertiary/aromatic N) is 1. The second kappa shape index (κ2) is 7.49. The summed E-state index contributed by atoms with van der Waals surface area (Å²) in [5, 5.41) is 3.31. The zero-order valence-corrected chi connectivity index (χ0v) is 14.0. The fraction of sp³-hybridized carbons (Fsp3) is 0.263. The molecule has 1 atom stereocenters. The Morgan fingerprint density at radius 1 is 1.12 bits per heavy atom. The first-order valence-electron chi connectivity index (χ1n) is 8.00. The van der Waals surface area contributed by atoms with Crippen LogP contribution in [0.5, 0.6) is 0 Å². The summed E-state index contributed by atoms with van der Waals surface area (Å²) in [5.41, 5.74) is 1.77. The molecule has 0 bridgehead atoms. The van der Waals surface area contributed by atoms with Crippen LogP contribution in [-0.4, -0.2) is 29.8 Å². The van der Waals surface area contributed by atoms with Gasteiger partial charge in [-0.25, -0.2) is 0 Å². The van der Waals surface area contributed by atoms with E-state index < -0.39 is 0 Å². The normalized spacial score (nSPS) is 17.1. The van der Waals surface area contributed by atoms with Gasteiger partial charge in [0, 0.05) is 19.5 Å². The highest BCUT2D eigenvalue weighted by atomic mass is 35.5. The Morgan fingerprint density at radius 3 is 2.58 bits per heavy atom. The molecule has 2 aromatic carbocycles. The minimum atomic E-state index is -0.329. The average molecular weight is 343 g/mol. The molecule has 0 spiro atoms. The molecular formula is C19H19ClN2O2. The van der Waals surface area contributed by atoms with Crippen LogP contribution in [0, 0.1) is 5.92 Å². The number of likely N-dealkylation sites (tertiary alicyclic amines) is 1. The molecule has 4 nitrogen and oxygen atoms in total. The zero-order valence-electron chi connectivity index (χ0n) is 13.2. The Labute approximate surface area is 146 Å². The van der Waals surface area contributed by atoms with E-state index in [0.717, 1.165) is 6.42 Å². The Balaban J connectivity index is 1.56. The molecule has 1 N–H and O–H groups in total. The Kier molecular flexibility index (Phi) is 5.16. The lowest BCUT2D eigenvalue weighted by Gasteiger charge is -2.16. The third-order valence-corrected chi connectivity index (χ3v) is 4.56. The van der Waals surface area contributed by atoms with E-state index >= 15 is 0 Å². The average Bonchev–Trinajstić information content (AvgIpc) is 2.97. The van der Waals surface area contributed by atoms with E-state index in [-0.39, 0.29) is 24.2 Å². The standard InChI is InChI=1S/C19H19ClN2O2/c20-16-8-4-5-9-17(16)21-19(24)15-12-18(23)22(13-15)11-10-14-6-2-1-3-7-14/h1-9,15H,10-13H2,(H,21,24). The Hall–Kier alpha value is -2.33. The fourth-order valence-corrected chi connectivity index (χ4v) is 3.05. The molecule has 5 heteroatoms. The molecule has 1 aliphatic heterocycles. The molecule has 0 aromatic heterocycles. The van der Waals surface area contributed by atoms with E-state index in [9.17, 15) is 9.59 Å². The van der Waals surface area contributed by atoms with Crippen molar-refractivity contribution in [3.8, 4) is 0 Å². The SMILES string of the molecule is O=C(Nc1ccccc1Cl)C1CC(=O)N(CCc2ccccc2)C1. The molecular weight excluding hydrogens is 324 g/mol. The highest BCUT2D eigenvalue weighted by molar-refractivity contribution is 6.33. The van der Waals surface area contributed by atoms with Gasteiger partial charge in [-0.3, -0.25) is 9.59 Å². The van der Waals surface area contributed by atoms with Crippen LogP contribution in [0.3, 0.4) is 0 Å². The van der Waals surface area contributed by atoms with Gasteiger partial charge < -0.3 is 10.2 Å². The number of hydrogen-bond acceptors (Lipinski definition) is 2. The molecule has 2 amide bonds. The quantitative estimate of drug-likeness (QED) is 0.905. The predicted molar refractivity (Wildman–Crippen MR) is 94.9 cm³/mol. The summed E-state index contributed by atoms with van der Waals surface area (Å²) >= 11 is 6.06. The van der Waals surface area contributed by atoms with Crippen molar-refractivity contribution < 1.29 is 9.59 Å². The summed E-state index contributed by atoms with van der Waals surface area (Å²) in [5.74, 6) is -0.451. The number of anilines is 1. The van der Waals surface area contributed by atoms with E-state index in [0.29, 0.717) is 23.8 Å². The van der Waals surface area contributed by atoms with Gasteiger partial charge in [-0.15, -0.1) is 0 Å². The molecule has 1 unspecified atom stereocenters. The van der Waals surface area contributed by atoms with Crippen LogP contribution in [-0.2, 0) is 16.0 Å². The fourth-order valence-electron chi connectivity index (χ4n) is 2.87. The van der Waals surface area contributed by atoms with Crippen LogP contribution in [0.4, 0.5) is 5.69 Å². The van der Waals surface area contributed by atoms with Gasteiger partial charge in [0.1, 0.15) is 0 Å². The number of nitrogens with one attached hydrogen (secondary N) is 1. The molecule has 24 heavy (non-hydrogen) atoms. The van der Waals surface area contributed by atoms with Crippen molar-refractivity contribution in [1.29, 1.82) is 0 Å². The van der Waals surface area contributed by atoms with Crippen LogP contribution in [0.25, 0.3) is 0 Å². The minimum Gasteiger partial charge on any atom is -0.342 e. The third-order valence-electron chi connectivity index (χ3n) is 4.23. The summed E-state index contributed by atoms with van der Waals surface area (Å²) in [6.45, 7) is 1.10. The molecule has 124 valence electrons. The monoisotopic (exact) mass is 342 g/mol. The zero-order chi connectivity index (χ0) is 16.9. The Morgan fingerprint density at radius 2 is 1.83 bits per heavy atom. The highest BCUT2D eigenvalue weighted by Gasteiger charge is 2.34. The van der Waals surface area contributed by atoms with Gasteiger partial charge in [-0.1, -0.05) is 54.1 Å². The molecule has 1 aliphatic rings. The van der Waals surface area contributed by atoms with E-state index in [1.165, 1.54) is 5.56 Å². The van der Waals surface area contributed by atoms with E-state index in [4.69, 9.17) is 11.6 Å². The molecule has 0 saturated carbocycles. The van der Waals surface area contributed by atoms with Crippen molar-refractivity contribution >= 4 is 29.1 Å². The largest absolute Gasteiger partial charge is 0.342 e. The van der Waals surface area contributed by atoms with Gasteiger partial charge in [0.2, 0.25) is 11.8 Å². The minimum absolute atomic E-state index is 0.0326. The van der Waals surface area contributed by atoms with Crippen molar-refractivity contribution in [1.82, 2.24) is 4.90 Å². The molecule has 0 radical (unpaired) electrons. The molecule has 1 saturated heterocycles. The van der Waals surface area contributed by atoms with Gasteiger partial charge in [-0.2, -0.15) is 0 Å². The number of rotatable bonds is 5. The number of para-hydroxylation sites is 1. The molecule has 0 aliphatic carbocycles. The highest BCUT2D eigenvalue weighted by Crippen LogP contribution is 2.24. The van der Waals surface area contributed by atoms with Crippen molar-refractivity contribution in [2.24, 2.45) is 5.92 Å². The van der Waals surface area contributed by atoms with Crippen molar-refractivity contribution in [3.05, 3.63) is 65.2 Å². The number of hydrogen-bond donors (Lipinski definition) is 1. The lowest BCUT2D eigenvalue weighted by molar-refractivity contribution is -0.128. The number of halogens is 1. The van der Waals surface area contributed by atoms with E-state index in [1.807, 2.05) is 42.5 Å².